The van der Waals surface area contributed by atoms with Crippen molar-refractivity contribution in [3.05, 3.63) is 0 Å². The van der Waals surface area contributed by atoms with Gasteiger partial charge in [-0.25, -0.2) is 0 Å². The molecule has 5 heteroatoms. The highest BCUT2D eigenvalue weighted by molar-refractivity contribution is 5.78. The molecule has 1 fully saturated rings. The van der Waals surface area contributed by atoms with E-state index >= 15 is 0 Å². The topological polar surface area (TPSA) is 50.8 Å². The molecule has 1 aliphatic carbocycles. The molecule has 0 spiro atoms. The maximum Gasteiger partial charge on any atom is 0.236 e. The lowest BCUT2D eigenvalue weighted by Crippen LogP contribution is -2.40. The molecule has 1 saturated carbocycles. The first-order valence-corrected chi connectivity index (χ1v) is 6.36. The number of amides is 1. The van der Waals surface area contributed by atoms with Gasteiger partial charge in [0.05, 0.1) is 26.4 Å². The molecule has 17 heavy (non-hydrogen) atoms. The van der Waals surface area contributed by atoms with Gasteiger partial charge >= 0.3 is 0 Å². The number of nitrogens with one attached hydrogen (secondary N) is 1. The Morgan fingerprint density at radius 2 is 2.12 bits per heavy atom. The Hall–Kier alpha value is -0.650. The van der Waals surface area contributed by atoms with Crippen LogP contribution in [0, 0.1) is 0 Å². The maximum atomic E-state index is 11.8. The summed E-state index contributed by atoms with van der Waals surface area (Å²) in [5.41, 5.74) is 0. The van der Waals surface area contributed by atoms with Crippen LogP contribution < -0.4 is 5.32 Å². The summed E-state index contributed by atoms with van der Waals surface area (Å²) in [6.07, 6.45) is 2.33. The zero-order valence-electron chi connectivity index (χ0n) is 10.9. The number of methoxy groups -OCH3 is 1. The summed E-state index contributed by atoms with van der Waals surface area (Å²) in [6, 6.07) is 0.507. The first kappa shape index (κ1) is 14.4. The minimum absolute atomic E-state index is 0.201. The van der Waals surface area contributed by atoms with E-state index in [2.05, 4.69) is 5.32 Å². The van der Waals surface area contributed by atoms with Crippen LogP contribution in [-0.2, 0) is 14.3 Å². The van der Waals surface area contributed by atoms with Crippen molar-refractivity contribution in [1.82, 2.24) is 10.2 Å². The number of hydrogen-bond donors (Lipinski definition) is 1. The Morgan fingerprint density at radius 1 is 1.35 bits per heavy atom. The lowest BCUT2D eigenvalue weighted by Gasteiger charge is -2.20. The van der Waals surface area contributed by atoms with Crippen molar-refractivity contribution in [3.8, 4) is 0 Å². The molecule has 0 unspecified atom stereocenters. The smallest absolute Gasteiger partial charge is 0.236 e. The number of hydrogen-bond acceptors (Lipinski definition) is 4. The van der Waals surface area contributed by atoms with Crippen molar-refractivity contribution in [2.45, 2.75) is 25.8 Å². The molecule has 1 rings (SSSR count). The zero-order valence-corrected chi connectivity index (χ0v) is 10.9. The average molecular weight is 244 g/mol. The highest BCUT2D eigenvalue weighted by Crippen LogP contribution is 2.26. The number of ether oxygens (including phenoxy) is 2. The summed E-state index contributed by atoms with van der Waals surface area (Å²) < 4.78 is 10.1. The first-order valence-electron chi connectivity index (χ1n) is 6.36. The highest BCUT2D eigenvalue weighted by atomic mass is 16.5. The van der Waals surface area contributed by atoms with E-state index < -0.39 is 0 Å². The zero-order chi connectivity index (χ0) is 12.5. The predicted octanol–water partition coefficient (Wildman–Crippen LogP) is 0.250. The standard InChI is InChI=1S/C12H24N2O3/c1-3-14(11-4-5-11)12(15)10-13-6-7-17-9-8-16-2/h11,13H,3-10H2,1-2H3. The average Bonchev–Trinajstić information content (AvgIpc) is 3.13. The van der Waals surface area contributed by atoms with Gasteiger partial charge in [0.1, 0.15) is 0 Å². The second-order valence-corrected chi connectivity index (χ2v) is 4.19. The number of nitrogens with zero attached hydrogens (tertiary/aromatic N) is 1. The maximum absolute atomic E-state index is 11.8. The van der Waals surface area contributed by atoms with Crippen molar-refractivity contribution in [2.24, 2.45) is 0 Å². The van der Waals surface area contributed by atoms with Gasteiger partial charge in [0.2, 0.25) is 5.91 Å². The molecule has 0 aromatic carbocycles. The summed E-state index contributed by atoms with van der Waals surface area (Å²) in [5.74, 6) is 0.201. The lowest BCUT2D eigenvalue weighted by molar-refractivity contribution is -0.130. The van der Waals surface area contributed by atoms with Crippen molar-refractivity contribution in [3.63, 3.8) is 0 Å². The van der Waals surface area contributed by atoms with Gasteiger partial charge < -0.3 is 19.7 Å². The predicted molar refractivity (Wildman–Crippen MR) is 66.0 cm³/mol. The molecular weight excluding hydrogens is 220 g/mol. The van der Waals surface area contributed by atoms with Crippen LogP contribution in [-0.4, -0.2) is 63.4 Å². The fraction of sp³-hybridized carbons (Fsp3) is 0.917. The lowest BCUT2D eigenvalue weighted by atomic mass is 10.4. The molecule has 1 N–H and O–H groups in total. The summed E-state index contributed by atoms with van der Waals surface area (Å²) >= 11 is 0. The molecule has 0 aromatic rings. The van der Waals surface area contributed by atoms with Crippen LogP contribution in [0.3, 0.4) is 0 Å². The SMILES string of the molecule is CCN(C(=O)CNCCOCCOC)C1CC1. The fourth-order valence-corrected chi connectivity index (χ4v) is 1.71. The van der Waals surface area contributed by atoms with Crippen LogP contribution in [0.25, 0.3) is 0 Å². The minimum atomic E-state index is 0.201. The monoisotopic (exact) mass is 244 g/mol. The number of carbonyl (C=O) groups excluding carboxylic acids is 1. The number of carbonyl (C=O) groups is 1. The first-order chi connectivity index (χ1) is 8.29. The number of likely N-dealkylation sites (N-methyl/N-ethyl adjacent to an activating group) is 1. The van der Waals surface area contributed by atoms with E-state index in [0.29, 0.717) is 39.0 Å². The van der Waals surface area contributed by atoms with Crippen LogP contribution in [0.2, 0.25) is 0 Å². The van der Waals surface area contributed by atoms with Crippen molar-refractivity contribution in [2.75, 3.05) is 46.6 Å². The van der Waals surface area contributed by atoms with E-state index in [1.165, 1.54) is 12.8 Å². The summed E-state index contributed by atoms with van der Waals surface area (Å²) in [5, 5.41) is 3.10. The largest absolute Gasteiger partial charge is 0.382 e. The van der Waals surface area contributed by atoms with E-state index in [-0.39, 0.29) is 5.91 Å². The third kappa shape index (κ3) is 6.00. The van der Waals surface area contributed by atoms with Gasteiger partial charge in [0.25, 0.3) is 0 Å². The quantitative estimate of drug-likeness (QED) is 0.560. The van der Waals surface area contributed by atoms with E-state index in [4.69, 9.17) is 9.47 Å². The summed E-state index contributed by atoms with van der Waals surface area (Å²) in [7, 11) is 1.65. The highest BCUT2D eigenvalue weighted by Gasteiger charge is 2.30. The molecule has 0 saturated heterocycles. The van der Waals surface area contributed by atoms with Crippen LogP contribution in [0.4, 0.5) is 0 Å². The van der Waals surface area contributed by atoms with Crippen molar-refractivity contribution < 1.29 is 14.3 Å². The van der Waals surface area contributed by atoms with E-state index in [1.807, 2.05) is 11.8 Å². The van der Waals surface area contributed by atoms with Gasteiger partial charge in [-0.2, -0.15) is 0 Å². The van der Waals surface area contributed by atoms with Crippen molar-refractivity contribution >= 4 is 5.91 Å². The Balaban J connectivity index is 1.96. The Morgan fingerprint density at radius 3 is 2.71 bits per heavy atom. The van der Waals surface area contributed by atoms with Crippen LogP contribution in [0.5, 0.6) is 0 Å². The molecule has 100 valence electrons. The third-order valence-electron chi connectivity index (χ3n) is 2.78. The van der Waals surface area contributed by atoms with Gasteiger partial charge in [0, 0.05) is 26.2 Å². The van der Waals surface area contributed by atoms with E-state index in [9.17, 15) is 4.79 Å². The molecule has 0 heterocycles. The molecule has 5 nitrogen and oxygen atoms in total. The molecule has 0 radical (unpaired) electrons. The summed E-state index contributed by atoms with van der Waals surface area (Å²) in [6.45, 7) is 5.81. The second kappa shape index (κ2) is 8.44. The second-order valence-electron chi connectivity index (χ2n) is 4.19. The Bertz CT molecular complexity index is 220. The third-order valence-corrected chi connectivity index (χ3v) is 2.78. The molecule has 1 aliphatic rings. The molecule has 0 bridgehead atoms. The molecule has 0 aliphatic heterocycles. The van der Waals surface area contributed by atoms with Crippen molar-refractivity contribution in [1.29, 1.82) is 0 Å². The minimum Gasteiger partial charge on any atom is -0.382 e. The normalized spacial score (nSPS) is 14.9. The molecule has 0 atom stereocenters. The van der Waals surface area contributed by atoms with Gasteiger partial charge in [-0.1, -0.05) is 0 Å². The van der Waals surface area contributed by atoms with Gasteiger partial charge in [0.15, 0.2) is 0 Å². The van der Waals surface area contributed by atoms with Crippen LogP contribution >= 0.6 is 0 Å². The Labute approximate surface area is 103 Å². The van der Waals surface area contributed by atoms with Gasteiger partial charge in [-0.3, -0.25) is 4.79 Å². The van der Waals surface area contributed by atoms with Crippen LogP contribution in [0.15, 0.2) is 0 Å². The fourth-order valence-electron chi connectivity index (χ4n) is 1.71. The van der Waals surface area contributed by atoms with Gasteiger partial charge in [-0.05, 0) is 19.8 Å². The van der Waals surface area contributed by atoms with E-state index in [0.717, 1.165) is 6.54 Å². The van der Waals surface area contributed by atoms with E-state index in [1.54, 1.807) is 7.11 Å². The molecule has 1 amide bonds. The van der Waals surface area contributed by atoms with Gasteiger partial charge in [-0.15, -0.1) is 0 Å². The summed E-state index contributed by atoms with van der Waals surface area (Å²) in [4.78, 5) is 13.8. The molecule has 0 aromatic heterocycles. The number of rotatable bonds is 10. The van der Waals surface area contributed by atoms with Crippen LogP contribution in [0.1, 0.15) is 19.8 Å². The molecular formula is C12H24N2O3. The Kier molecular flexibility index (Phi) is 7.16.